The molecule has 0 spiro atoms. The first-order valence-corrected chi connectivity index (χ1v) is 4.05. The Morgan fingerprint density at radius 1 is 1.33 bits per heavy atom. The molecule has 6 heteroatoms. The SMILES string of the molecule is CCc1c(C(N)=O)cc(O)c(O)c1O.Cl. The Hall–Kier alpha value is -1.62. The second-order valence-electron chi connectivity index (χ2n) is 2.84. The van der Waals surface area contributed by atoms with E-state index in [1.165, 1.54) is 0 Å². The van der Waals surface area contributed by atoms with Crippen molar-refractivity contribution in [3.05, 3.63) is 17.2 Å². The van der Waals surface area contributed by atoms with Crippen LogP contribution in [0.2, 0.25) is 0 Å². The zero-order chi connectivity index (χ0) is 10.9. The van der Waals surface area contributed by atoms with Gasteiger partial charge in [0.05, 0.1) is 0 Å². The van der Waals surface area contributed by atoms with Gasteiger partial charge in [0.15, 0.2) is 11.5 Å². The largest absolute Gasteiger partial charge is 0.504 e. The quantitative estimate of drug-likeness (QED) is 0.570. The van der Waals surface area contributed by atoms with Crippen LogP contribution >= 0.6 is 12.4 Å². The molecule has 1 rings (SSSR count). The summed E-state index contributed by atoms with van der Waals surface area (Å²) in [5.41, 5.74) is 5.28. The Kier molecular flexibility index (Phi) is 4.23. The van der Waals surface area contributed by atoms with Crippen LogP contribution in [0.4, 0.5) is 0 Å². The summed E-state index contributed by atoms with van der Waals surface area (Å²) in [5.74, 6) is -2.45. The molecular formula is C9H12ClNO4. The van der Waals surface area contributed by atoms with Gasteiger partial charge in [0, 0.05) is 11.1 Å². The fraction of sp³-hybridized carbons (Fsp3) is 0.222. The highest BCUT2D eigenvalue weighted by Gasteiger charge is 2.18. The smallest absolute Gasteiger partial charge is 0.249 e. The minimum Gasteiger partial charge on any atom is -0.504 e. The van der Waals surface area contributed by atoms with Crippen molar-refractivity contribution in [2.45, 2.75) is 13.3 Å². The maximum Gasteiger partial charge on any atom is 0.249 e. The maximum atomic E-state index is 10.9. The molecular weight excluding hydrogens is 222 g/mol. The number of phenols is 3. The number of amides is 1. The topological polar surface area (TPSA) is 104 Å². The third kappa shape index (κ3) is 2.24. The lowest BCUT2D eigenvalue weighted by molar-refractivity contribution is 0.0998. The van der Waals surface area contributed by atoms with Crippen molar-refractivity contribution in [1.29, 1.82) is 0 Å². The van der Waals surface area contributed by atoms with E-state index in [9.17, 15) is 15.0 Å². The lowest BCUT2D eigenvalue weighted by atomic mass is 10.0. The number of carbonyl (C=O) groups excluding carboxylic acids is 1. The van der Waals surface area contributed by atoms with Crippen LogP contribution in [0.15, 0.2) is 6.07 Å². The Labute approximate surface area is 92.6 Å². The second-order valence-corrected chi connectivity index (χ2v) is 2.84. The van der Waals surface area contributed by atoms with Gasteiger partial charge in [-0.3, -0.25) is 4.79 Å². The van der Waals surface area contributed by atoms with E-state index in [1.807, 2.05) is 0 Å². The molecule has 84 valence electrons. The van der Waals surface area contributed by atoms with Crippen LogP contribution in [0.5, 0.6) is 17.2 Å². The lowest BCUT2D eigenvalue weighted by Crippen LogP contribution is -2.13. The van der Waals surface area contributed by atoms with E-state index in [1.54, 1.807) is 6.92 Å². The summed E-state index contributed by atoms with van der Waals surface area (Å²) < 4.78 is 0. The van der Waals surface area contributed by atoms with Gasteiger partial charge in [-0.1, -0.05) is 6.92 Å². The fourth-order valence-electron chi connectivity index (χ4n) is 1.26. The number of hydrogen-bond donors (Lipinski definition) is 4. The zero-order valence-electron chi connectivity index (χ0n) is 8.02. The van der Waals surface area contributed by atoms with Crippen LogP contribution in [-0.2, 0) is 6.42 Å². The van der Waals surface area contributed by atoms with Crippen molar-refractivity contribution < 1.29 is 20.1 Å². The average Bonchev–Trinajstić information content (AvgIpc) is 2.13. The van der Waals surface area contributed by atoms with Crippen LogP contribution in [0.1, 0.15) is 22.8 Å². The van der Waals surface area contributed by atoms with Crippen LogP contribution in [0.25, 0.3) is 0 Å². The number of hydrogen-bond acceptors (Lipinski definition) is 4. The van der Waals surface area contributed by atoms with E-state index in [2.05, 4.69) is 0 Å². The lowest BCUT2D eigenvalue weighted by Gasteiger charge is -2.09. The molecule has 0 saturated heterocycles. The highest BCUT2D eigenvalue weighted by Crippen LogP contribution is 2.39. The minimum absolute atomic E-state index is 0. The Bertz CT molecular complexity index is 392. The minimum atomic E-state index is -0.757. The summed E-state index contributed by atoms with van der Waals surface area (Å²) in [5, 5.41) is 27.7. The molecule has 0 unspecified atom stereocenters. The van der Waals surface area contributed by atoms with E-state index in [-0.39, 0.29) is 23.5 Å². The van der Waals surface area contributed by atoms with E-state index in [4.69, 9.17) is 10.8 Å². The Balaban J connectivity index is 0.00000196. The van der Waals surface area contributed by atoms with Gasteiger partial charge in [0.1, 0.15) is 0 Å². The van der Waals surface area contributed by atoms with E-state index in [0.717, 1.165) is 6.07 Å². The van der Waals surface area contributed by atoms with Gasteiger partial charge in [-0.15, -0.1) is 12.4 Å². The molecule has 1 aromatic carbocycles. The van der Waals surface area contributed by atoms with Gasteiger partial charge >= 0.3 is 0 Å². The summed E-state index contributed by atoms with van der Waals surface area (Å²) >= 11 is 0. The molecule has 0 fully saturated rings. The predicted molar refractivity (Wildman–Crippen MR) is 56.6 cm³/mol. The van der Waals surface area contributed by atoms with Gasteiger partial charge in [-0.25, -0.2) is 0 Å². The standard InChI is InChI=1S/C9H11NO4.ClH/c1-2-4-5(9(10)14)3-6(11)8(13)7(4)12;/h3,11-13H,2H2,1H3,(H2,10,14);1H. The number of rotatable bonds is 2. The molecule has 0 bridgehead atoms. The number of halogens is 1. The molecule has 15 heavy (non-hydrogen) atoms. The van der Waals surface area contributed by atoms with Gasteiger partial charge < -0.3 is 21.1 Å². The molecule has 0 aliphatic carbocycles. The molecule has 0 saturated carbocycles. The van der Waals surface area contributed by atoms with E-state index >= 15 is 0 Å². The first-order valence-electron chi connectivity index (χ1n) is 4.05. The number of benzene rings is 1. The van der Waals surface area contributed by atoms with Crippen molar-refractivity contribution in [2.75, 3.05) is 0 Å². The van der Waals surface area contributed by atoms with Crippen molar-refractivity contribution in [1.82, 2.24) is 0 Å². The summed E-state index contributed by atoms with van der Waals surface area (Å²) in [7, 11) is 0. The van der Waals surface area contributed by atoms with E-state index < -0.39 is 23.2 Å². The van der Waals surface area contributed by atoms with Gasteiger partial charge in [-0.2, -0.15) is 0 Å². The number of aromatic hydroxyl groups is 3. The van der Waals surface area contributed by atoms with Crippen molar-refractivity contribution in [3.63, 3.8) is 0 Å². The number of nitrogens with two attached hydrogens (primary N) is 1. The predicted octanol–water partition coefficient (Wildman–Crippen LogP) is 0.886. The molecule has 0 aromatic heterocycles. The monoisotopic (exact) mass is 233 g/mol. The van der Waals surface area contributed by atoms with Crippen LogP contribution in [0, 0.1) is 0 Å². The van der Waals surface area contributed by atoms with Crippen LogP contribution in [0.3, 0.4) is 0 Å². The molecule has 1 aromatic rings. The first-order chi connectivity index (χ1) is 6.49. The number of phenolic OH excluding ortho intramolecular Hbond substituents is 3. The highest BCUT2D eigenvalue weighted by atomic mass is 35.5. The normalized spacial score (nSPS) is 9.40. The third-order valence-corrected chi connectivity index (χ3v) is 1.98. The molecule has 0 radical (unpaired) electrons. The summed E-state index contributed by atoms with van der Waals surface area (Å²) in [6, 6.07) is 1.04. The fourth-order valence-corrected chi connectivity index (χ4v) is 1.26. The summed E-state index contributed by atoms with van der Waals surface area (Å²) in [6.07, 6.45) is 0.331. The van der Waals surface area contributed by atoms with Gasteiger partial charge in [-0.05, 0) is 12.5 Å². The van der Waals surface area contributed by atoms with Gasteiger partial charge in [0.25, 0.3) is 0 Å². The second kappa shape index (κ2) is 4.75. The van der Waals surface area contributed by atoms with Crippen LogP contribution < -0.4 is 5.73 Å². The molecule has 0 atom stereocenters. The van der Waals surface area contributed by atoms with Crippen molar-refractivity contribution >= 4 is 18.3 Å². The number of primary amides is 1. The van der Waals surface area contributed by atoms with Crippen LogP contribution in [-0.4, -0.2) is 21.2 Å². The molecule has 0 heterocycles. The molecule has 1 amide bonds. The number of carbonyl (C=O) groups is 1. The third-order valence-electron chi connectivity index (χ3n) is 1.98. The van der Waals surface area contributed by atoms with E-state index in [0.29, 0.717) is 6.42 Å². The summed E-state index contributed by atoms with van der Waals surface area (Å²) in [4.78, 5) is 10.9. The average molecular weight is 234 g/mol. The Morgan fingerprint density at radius 3 is 2.27 bits per heavy atom. The summed E-state index contributed by atoms with van der Waals surface area (Å²) in [6.45, 7) is 1.69. The Morgan fingerprint density at radius 2 is 1.87 bits per heavy atom. The van der Waals surface area contributed by atoms with Crippen molar-refractivity contribution in [3.8, 4) is 17.2 Å². The van der Waals surface area contributed by atoms with Gasteiger partial charge in [0.2, 0.25) is 11.7 Å². The molecule has 5 nitrogen and oxygen atoms in total. The first kappa shape index (κ1) is 13.4. The highest BCUT2D eigenvalue weighted by molar-refractivity contribution is 5.96. The zero-order valence-corrected chi connectivity index (χ0v) is 8.84. The molecule has 0 aliphatic heterocycles. The maximum absolute atomic E-state index is 10.9. The molecule has 5 N–H and O–H groups in total. The molecule has 0 aliphatic rings. The van der Waals surface area contributed by atoms with Crippen molar-refractivity contribution in [2.24, 2.45) is 5.73 Å².